The van der Waals surface area contributed by atoms with Crippen molar-refractivity contribution in [1.29, 1.82) is 0 Å². The molecule has 0 radical (unpaired) electrons. The molecule has 0 aromatic rings. The summed E-state index contributed by atoms with van der Waals surface area (Å²) < 4.78 is 7.54. The van der Waals surface area contributed by atoms with Crippen LogP contribution in [0.3, 0.4) is 0 Å². The van der Waals surface area contributed by atoms with E-state index in [0.717, 1.165) is 38.7 Å². The van der Waals surface area contributed by atoms with Crippen LogP contribution in [0.25, 0.3) is 0 Å². The first-order valence-corrected chi connectivity index (χ1v) is 26.5. The third kappa shape index (κ3) is 145. The Hall–Kier alpha value is 13.7. The van der Waals surface area contributed by atoms with E-state index >= 15 is 0 Å². The number of hydrogen-bond acceptors (Lipinski definition) is 2. The first-order valence-electron chi connectivity index (χ1n) is 1.60. The van der Waals surface area contributed by atoms with E-state index in [2.05, 4.69) is 9.14 Å². The Bertz CT molecular complexity index is 130. The molecule has 23 heteroatoms. The predicted octanol–water partition coefficient (Wildman–Crippen LogP) is -1.07. The van der Waals surface area contributed by atoms with E-state index in [1.807, 2.05) is 0 Å². The van der Waals surface area contributed by atoms with Gasteiger partial charge in [-0.1, -0.05) is 0 Å². The van der Waals surface area contributed by atoms with Crippen molar-refractivity contribution >= 4 is 15.0 Å². The van der Waals surface area contributed by atoms with E-state index in [0.29, 0.717) is 4.08 Å². The Morgan fingerprint density at radius 2 is 0.692 bits per heavy atom. The standard InChI is InChI=1S/C3O2.21W/c1-2-5-3-4;;;;;;;;;;;;;;;;;;;;;/q-2;;;;;;;;;;;;;;;;;;;;;. The molecule has 0 N–H and O–H groups in total. The van der Waals surface area contributed by atoms with E-state index < -0.39 is 0 Å². The van der Waals surface area contributed by atoms with Crippen LogP contribution in [-0.4, -0.2) is 15.0 Å². The molecule has 152 valence electrons. The predicted molar refractivity (Wildman–Crippen MR) is 16.8 cm³/mol. The van der Waals surface area contributed by atoms with Gasteiger partial charge in [-0.2, -0.15) is 0 Å². The van der Waals surface area contributed by atoms with Crippen molar-refractivity contribution in [3.05, 3.63) is 0 Å². The van der Waals surface area contributed by atoms with E-state index in [1.54, 1.807) is 64.9 Å². The fourth-order valence-corrected chi connectivity index (χ4v) is 0.331. The molecule has 0 fully saturated rings. The zero-order chi connectivity index (χ0) is 9.70. The van der Waals surface area contributed by atoms with Crippen LogP contribution in [0, 0.1) is 0 Å². The molecule has 0 saturated heterocycles. The second-order valence-corrected chi connectivity index (χ2v) is 2.64. The molecule has 0 heterocycles. The van der Waals surface area contributed by atoms with Gasteiger partial charge in [0.25, 0.3) is 0 Å². The third-order valence-corrected chi connectivity index (χ3v) is 3.57. The van der Waals surface area contributed by atoms with Gasteiger partial charge in [0.05, 0.1) is 0 Å². The average Bonchev–Trinajstić information content (AvgIpc) is 2.12. The van der Waals surface area contributed by atoms with Gasteiger partial charge >= 0.3 is 128 Å². The first-order chi connectivity index (χ1) is 5.31. The van der Waals surface area contributed by atoms with E-state index in [-0.39, 0.29) is 316 Å². The maximum absolute atomic E-state index is 9.39. The van der Waals surface area contributed by atoms with Crippen molar-refractivity contribution < 1.29 is 429 Å². The van der Waals surface area contributed by atoms with Crippen LogP contribution in [-0.2, 0) is 429 Å². The quantitative estimate of drug-likeness (QED) is 0.337. The fraction of sp³-hybridized carbons (Fsp3) is 0. The molecule has 0 aliphatic carbocycles. The molecule has 0 atom stereocenters. The number of ether oxygens (including phenoxy) is 1. The second kappa shape index (κ2) is 142. The van der Waals surface area contributed by atoms with Crippen LogP contribution < -0.4 is 0 Å². The minimum absolute atomic E-state index is 0. The van der Waals surface area contributed by atoms with Crippen molar-refractivity contribution in [2.45, 2.75) is 0 Å². The van der Waals surface area contributed by atoms with Gasteiger partial charge in [-0.15, -0.1) is 0 Å². The van der Waals surface area contributed by atoms with Crippen LogP contribution in [0.4, 0.5) is 0 Å². The molecule has 0 unspecified atom stereocenters. The molecule has 0 spiro atoms. The first kappa shape index (κ1) is 126. The summed E-state index contributed by atoms with van der Waals surface area (Å²) in [6, 6.07) is 0. The zero-order valence-electron chi connectivity index (χ0n) is 10.9. The van der Waals surface area contributed by atoms with Crippen molar-refractivity contribution in [2.24, 2.45) is 0 Å². The molecule has 0 saturated carbocycles. The summed E-state index contributed by atoms with van der Waals surface area (Å²) in [5.41, 5.74) is 0. The van der Waals surface area contributed by atoms with Crippen LogP contribution in [0.2, 0.25) is 0 Å². The van der Waals surface area contributed by atoms with E-state index in [9.17, 15) is 4.79 Å². The minimum atomic E-state index is 0. The normalized spacial score (nSPS) is 2.15. The zero-order valence-corrected chi connectivity index (χ0v) is 72.5. The van der Waals surface area contributed by atoms with E-state index in [1.165, 1.54) is 6.47 Å². The topological polar surface area (TPSA) is 26.3 Å². The summed E-state index contributed by atoms with van der Waals surface area (Å²) >= 11 is 8.93. The number of rotatable bonds is 3. The van der Waals surface area contributed by atoms with Gasteiger partial charge < -0.3 is 0 Å². The number of carbonyl (C=O) groups excluding carboxylic acids is 1. The molecule has 0 aromatic carbocycles. The monoisotopic (exact) mass is 3930 g/mol. The van der Waals surface area contributed by atoms with Crippen LogP contribution in [0.1, 0.15) is 0 Å². The molecule has 0 aliphatic heterocycles. The summed E-state index contributed by atoms with van der Waals surface area (Å²) in [6.45, 7) is 1.30. The number of hydrogen-bond donors (Lipinski definition) is 0. The molecule has 0 aromatic heterocycles. The van der Waals surface area contributed by atoms with Crippen LogP contribution in [0.5, 0.6) is 0 Å². The average molecular weight is 3930 g/mol. The fourth-order valence-electron chi connectivity index (χ4n) is 0.0587. The van der Waals surface area contributed by atoms with Gasteiger partial charge in [-0.05, 0) is 0 Å². The molecule has 0 aliphatic rings. The second-order valence-electron chi connectivity index (χ2n) is 0.575. The van der Waals surface area contributed by atoms with Crippen LogP contribution in [0.15, 0.2) is 0 Å². The van der Waals surface area contributed by atoms with Crippen LogP contribution >= 0.6 is 0 Å². The summed E-state index contributed by atoms with van der Waals surface area (Å²) in [6.07, 6.45) is 0. The van der Waals surface area contributed by atoms with Crippen molar-refractivity contribution in [3.8, 4) is 0 Å². The Balaban J connectivity index is -0.00000000200. The van der Waals surface area contributed by atoms with Gasteiger partial charge in [0.1, 0.15) is 0 Å². The molecule has 0 rings (SSSR count). The molecule has 2 nitrogen and oxygen atoms in total. The molecular weight excluding hydrogens is 3930 g/mol. The molecular formula is C3O2W21-2. The van der Waals surface area contributed by atoms with Gasteiger partial charge in [0.15, 0.2) is 0 Å². The summed E-state index contributed by atoms with van der Waals surface area (Å²) in [4.78, 5) is 9.39. The van der Waals surface area contributed by atoms with Gasteiger partial charge in [-0.25, -0.2) is 0 Å². The van der Waals surface area contributed by atoms with Crippen molar-refractivity contribution in [3.63, 3.8) is 0 Å². The Labute approximate surface area is 431 Å². The van der Waals surface area contributed by atoms with Gasteiger partial charge in [0.2, 0.25) is 0 Å². The molecule has 0 bridgehead atoms. The van der Waals surface area contributed by atoms with E-state index in [4.69, 9.17) is 0 Å². The third-order valence-electron chi connectivity index (χ3n) is 0.218. The summed E-state index contributed by atoms with van der Waals surface area (Å²) in [7, 11) is 0. The Kier molecular flexibility index (Phi) is 689. The molecule has 0 amide bonds. The Morgan fingerprint density at radius 1 is 0.538 bits per heavy atom. The Morgan fingerprint density at radius 3 is 0.731 bits per heavy atom. The maximum atomic E-state index is 9.39. The van der Waals surface area contributed by atoms with Gasteiger partial charge in [0, 0.05) is 316 Å². The molecule has 26 heavy (non-hydrogen) atoms. The summed E-state index contributed by atoms with van der Waals surface area (Å²) in [5.74, 6) is 0. The van der Waals surface area contributed by atoms with Crippen molar-refractivity contribution in [2.75, 3.05) is 0 Å². The van der Waals surface area contributed by atoms with Crippen molar-refractivity contribution in [1.82, 2.24) is 0 Å². The SMILES string of the molecule is O=[C-]O[C](=[W])[C-]=[W].[W].[W].[W].[W].[W].[W].[W].[W].[W].[W].[W].[W].[W].[W].[W].[W]=[W].[W]=[W]. The van der Waals surface area contributed by atoms with Gasteiger partial charge in [-0.3, -0.25) is 0 Å². The summed E-state index contributed by atoms with van der Waals surface area (Å²) in [5, 5.41) is 0.